The van der Waals surface area contributed by atoms with Gasteiger partial charge in [-0.05, 0) is 134 Å². The molecule has 54 heavy (non-hydrogen) atoms. The van der Waals surface area contributed by atoms with Crippen molar-refractivity contribution < 1.29 is 0 Å². The van der Waals surface area contributed by atoms with E-state index < -0.39 is 0 Å². The molecule has 0 heteroatoms. The van der Waals surface area contributed by atoms with Crippen LogP contribution in [0.15, 0.2) is 206 Å². The molecule has 11 rings (SSSR count). The number of benzene rings is 9. The van der Waals surface area contributed by atoms with Gasteiger partial charge < -0.3 is 0 Å². The minimum Gasteiger partial charge on any atom is -0.0622 e. The lowest BCUT2D eigenvalue weighted by Gasteiger charge is -2.29. The van der Waals surface area contributed by atoms with Crippen molar-refractivity contribution in [1.29, 1.82) is 0 Å². The molecule has 11 aromatic carbocycles. The molecule has 0 aliphatic carbocycles. The third kappa shape index (κ3) is 4.64. The third-order valence-electron chi connectivity index (χ3n) is 11.4. The summed E-state index contributed by atoms with van der Waals surface area (Å²) in [6.45, 7) is 0. The first-order valence-corrected chi connectivity index (χ1v) is 18.8. The molecule has 0 amide bonds. The summed E-state index contributed by atoms with van der Waals surface area (Å²) in [5.74, 6) is 0. The molecule has 0 aliphatic heterocycles. The molecule has 0 unspecified atom stereocenters. The monoisotopic (exact) mass is 682 g/mol. The van der Waals surface area contributed by atoms with Gasteiger partial charge in [-0.3, -0.25) is 0 Å². The van der Waals surface area contributed by atoms with Crippen molar-refractivity contribution in [3.8, 4) is 66.8 Å². The lowest BCUT2D eigenvalue weighted by molar-refractivity contribution is 1.60. The first-order chi connectivity index (χ1) is 26.8. The van der Waals surface area contributed by atoms with Crippen LogP contribution in [-0.4, -0.2) is 0 Å². The lowest BCUT2D eigenvalue weighted by Crippen LogP contribution is -2.01. The molecule has 0 fully saturated rings. The average Bonchev–Trinajstić information content (AvgIpc) is 3.25. The van der Waals surface area contributed by atoms with Crippen LogP contribution < -0.4 is 0 Å². The molecule has 0 spiro atoms. The molecule has 0 aromatic heterocycles. The SMILES string of the molecule is c1ccc(-c2cc3c(cc2-c2ccccc2)c2c(-c4ccccc4)c4c5cc(-c6ccccc6)c(-c6ccccc6)cc5c4c(-c4ccccc4)c32)cc1. The predicted octanol–water partition coefficient (Wildman–Crippen LogP) is 15.2. The second-order valence-corrected chi connectivity index (χ2v) is 14.3. The zero-order valence-corrected chi connectivity index (χ0v) is 29.6. The summed E-state index contributed by atoms with van der Waals surface area (Å²) in [6, 6.07) is 75.5. The maximum atomic E-state index is 2.47. The number of hydrogen-bond donors (Lipinski definition) is 0. The van der Waals surface area contributed by atoms with Gasteiger partial charge in [-0.15, -0.1) is 0 Å². The van der Waals surface area contributed by atoms with Gasteiger partial charge >= 0.3 is 0 Å². The zero-order valence-electron chi connectivity index (χ0n) is 29.6. The van der Waals surface area contributed by atoms with Crippen LogP contribution >= 0.6 is 0 Å². The largest absolute Gasteiger partial charge is 0.0622 e. The molecule has 0 radical (unpaired) electrons. The van der Waals surface area contributed by atoms with Crippen molar-refractivity contribution >= 4 is 43.1 Å². The molecule has 0 nitrogen and oxygen atoms in total. The second kappa shape index (κ2) is 12.3. The van der Waals surface area contributed by atoms with E-state index in [1.54, 1.807) is 0 Å². The topological polar surface area (TPSA) is 0 Å². The molecule has 0 saturated heterocycles. The average molecular weight is 683 g/mol. The van der Waals surface area contributed by atoms with E-state index in [9.17, 15) is 0 Å². The Labute approximate surface area is 314 Å². The summed E-state index contributed by atoms with van der Waals surface area (Å²) < 4.78 is 0. The van der Waals surface area contributed by atoms with Gasteiger partial charge in [0, 0.05) is 0 Å². The van der Waals surface area contributed by atoms with Crippen LogP contribution in [0.5, 0.6) is 0 Å². The van der Waals surface area contributed by atoms with Gasteiger partial charge in [0.05, 0.1) is 0 Å². The summed E-state index contributed by atoms with van der Waals surface area (Å²) in [6.07, 6.45) is 0. The van der Waals surface area contributed by atoms with E-state index in [0.717, 1.165) is 0 Å². The molecule has 250 valence electrons. The number of fused-ring (bicyclic) bond motifs is 8. The van der Waals surface area contributed by atoms with Crippen LogP contribution in [0.4, 0.5) is 0 Å². The Balaban J connectivity index is 1.34. The Morgan fingerprint density at radius 3 is 0.574 bits per heavy atom. The summed E-state index contributed by atoms with van der Waals surface area (Å²) >= 11 is 0. The fourth-order valence-electron chi connectivity index (χ4n) is 8.94. The highest BCUT2D eigenvalue weighted by atomic mass is 14.3. The molecule has 0 bridgehead atoms. The Morgan fingerprint density at radius 2 is 0.370 bits per heavy atom. The van der Waals surface area contributed by atoms with E-state index in [1.165, 1.54) is 110 Å². The van der Waals surface area contributed by atoms with Crippen molar-refractivity contribution in [2.24, 2.45) is 0 Å². The molecule has 0 aliphatic rings. The second-order valence-electron chi connectivity index (χ2n) is 14.3. The van der Waals surface area contributed by atoms with Gasteiger partial charge in [-0.25, -0.2) is 0 Å². The standard InChI is InChI=1S/C54H34/c1-7-19-35(20-8-1)41-31-45-46(32-42(41)36-21-9-2-10-22-36)52-50(40-29-17-6-18-30-40)54-48-34-44(38-25-13-4-14-26-38)43(37-23-11-3-12-24-37)33-47(48)53(54)49(51(45)52)39-27-15-5-16-28-39/h1-34H. The molecule has 0 atom stereocenters. The highest BCUT2D eigenvalue weighted by Crippen LogP contribution is 2.58. The number of rotatable bonds is 6. The van der Waals surface area contributed by atoms with Crippen molar-refractivity contribution in [3.05, 3.63) is 206 Å². The third-order valence-corrected chi connectivity index (χ3v) is 11.4. The normalized spacial score (nSPS) is 11.7. The molecule has 0 saturated carbocycles. The van der Waals surface area contributed by atoms with Gasteiger partial charge in [0.15, 0.2) is 0 Å². The summed E-state index contributed by atoms with van der Waals surface area (Å²) in [4.78, 5) is 0. The van der Waals surface area contributed by atoms with E-state index in [0.29, 0.717) is 0 Å². The minimum atomic E-state index is 1.23. The maximum absolute atomic E-state index is 2.47. The van der Waals surface area contributed by atoms with E-state index in [1.807, 2.05) is 0 Å². The lowest BCUT2D eigenvalue weighted by atomic mass is 9.73. The van der Waals surface area contributed by atoms with Crippen molar-refractivity contribution in [3.63, 3.8) is 0 Å². The highest BCUT2D eigenvalue weighted by molar-refractivity contribution is 6.47. The first-order valence-electron chi connectivity index (χ1n) is 18.8. The predicted molar refractivity (Wildman–Crippen MR) is 231 cm³/mol. The molecule has 0 N–H and O–H groups in total. The van der Waals surface area contributed by atoms with Crippen molar-refractivity contribution in [1.82, 2.24) is 0 Å². The smallest absolute Gasteiger partial charge is 0.000717 e. The number of hydrogen-bond acceptors (Lipinski definition) is 0. The van der Waals surface area contributed by atoms with E-state index in [4.69, 9.17) is 0 Å². The quantitative estimate of drug-likeness (QED) is 0.164. The van der Waals surface area contributed by atoms with E-state index in [2.05, 4.69) is 206 Å². The Kier molecular flexibility index (Phi) is 6.97. The summed E-state index contributed by atoms with van der Waals surface area (Å²) in [5, 5.41) is 10.7. The Morgan fingerprint density at radius 1 is 0.185 bits per heavy atom. The van der Waals surface area contributed by atoms with Crippen LogP contribution in [0.1, 0.15) is 0 Å². The maximum Gasteiger partial charge on any atom is -0.000717 e. The molecule has 11 aromatic rings. The van der Waals surface area contributed by atoms with Gasteiger partial charge in [0.25, 0.3) is 0 Å². The summed E-state index contributed by atoms with van der Waals surface area (Å²) in [7, 11) is 0. The molecular weight excluding hydrogens is 649 g/mol. The van der Waals surface area contributed by atoms with Gasteiger partial charge in [-0.2, -0.15) is 0 Å². The van der Waals surface area contributed by atoms with Gasteiger partial charge in [0.1, 0.15) is 0 Å². The van der Waals surface area contributed by atoms with Gasteiger partial charge in [0.2, 0.25) is 0 Å². The fourth-order valence-corrected chi connectivity index (χ4v) is 8.94. The molecular formula is C54H34. The van der Waals surface area contributed by atoms with E-state index >= 15 is 0 Å². The minimum absolute atomic E-state index is 1.23. The van der Waals surface area contributed by atoms with E-state index in [-0.39, 0.29) is 0 Å². The Hall–Kier alpha value is -7.02. The van der Waals surface area contributed by atoms with Crippen molar-refractivity contribution in [2.75, 3.05) is 0 Å². The van der Waals surface area contributed by atoms with Crippen LogP contribution in [0.3, 0.4) is 0 Å². The Bertz CT molecular complexity index is 2690. The van der Waals surface area contributed by atoms with Crippen LogP contribution in [0.25, 0.3) is 110 Å². The fraction of sp³-hybridized carbons (Fsp3) is 0. The van der Waals surface area contributed by atoms with Gasteiger partial charge in [-0.1, -0.05) is 182 Å². The summed E-state index contributed by atoms with van der Waals surface area (Å²) in [5.41, 5.74) is 15.1. The molecule has 0 heterocycles. The van der Waals surface area contributed by atoms with Crippen molar-refractivity contribution in [2.45, 2.75) is 0 Å². The highest BCUT2D eigenvalue weighted by Gasteiger charge is 2.30. The van der Waals surface area contributed by atoms with Crippen LogP contribution in [0, 0.1) is 0 Å². The first kappa shape index (κ1) is 30.6. The zero-order chi connectivity index (χ0) is 35.6. The van der Waals surface area contributed by atoms with Crippen LogP contribution in [0.2, 0.25) is 0 Å². The van der Waals surface area contributed by atoms with Crippen LogP contribution in [-0.2, 0) is 0 Å².